The van der Waals surface area contributed by atoms with Crippen LogP contribution in [0.5, 0.6) is 5.75 Å². The molecule has 0 saturated heterocycles. The molecule has 1 saturated carbocycles. The molecule has 0 heterocycles. The molecule has 0 spiro atoms. The Morgan fingerprint density at radius 2 is 2.00 bits per heavy atom. The molecule has 2 N–H and O–H groups in total. The minimum absolute atomic E-state index is 0.173. The van der Waals surface area contributed by atoms with E-state index in [4.69, 9.17) is 4.74 Å². The second kappa shape index (κ2) is 7.83. The normalized spacial score (nSPS) is 22.5. The van der Waals surface area contributed by atoms with Gasteiger partial charge in [-0.25, -0.2) is 0 Å². The summed E-state index contributed by atoms with van der Waals surface area (Å²) in [6.07, 6.45) is -0.00380. The zero-order chi connectivity index (χ0) is 16.0. The molecule has 1 aliphatic rings. The first-order valence-corrected chi connectivity index (χ1v) is 7.60. The lowest BCUT2D eigenvalue weighted by Crippen LogP contribution is -2.39. The summed E-state index contributed by atoms with van der Waals surface area (Å²) < 4.78 is 41.2. The molecule has 3 nitrogen and oxygen atoms in total. The maximum Gasteiger partial charge on any atom is 0.422 e. The number of halogens is 3. The van der Waals surface area contributed by atoms with Crippen molar-refractivity contribution in [3.63, 3.8) is 0 Å². The lowest BCUT2D eigenvalue weighted by atomic mass is 9.85. The van der Waals surface area contributed by atoms with Crippen molar-refractivity contribution in [3.05, 3.63) is 29.8 Å². The molecule has 2 atom stereocenters. The van der Waals surface area contributed by atoms with E-state index < -0.39 is 12.8 Å². The molecule has 0 aliphatic heterocycles. The fraction of sp³-hybridized carbons (Fsp3) is 0.625. The van der Waals surface area contributed by atoms with Crippen molar-refractivity contribution >= 4 is 0 Å². The summed E-state index contributed by atoms with van der Waals surface area (Å²) in [6, 6.07) is 6.94. The number of aliphatic hydroxyl groups excluding tert-OH is 1. The average Bonchev–Trinajstić information content (AvgIpc) is 2.51. The molecule has 6 heteroatoms. The predicted octanol–water partition coefficient (Wildman–Crippen LogP) is 3.27. The Labute approximate surface area is 128 Å². The highest BCUT2D eigenvalue weighted by molar-refractivity contribution is 5.28. The number of hydrogen-bond donors (Lipinski definition) is 2. The van der Waals surface area contributed by atoms with Gasteiger partial charge in [-0.3, -0.25) is 0 Å². The van der Waals surface area contributed by atoms with Crippen molar-refractivity contribution in [3.8, 4) is 5.75 Å². The Morgan fingerprint density at radius 1 is 1.23 bits per heavy atom. The zero-order valence-corrected chi connectivity index (χ0v) is 12.4. The molecule has 1 fully saturated rings. The molecule has 1 aromatic carbocycles. The molecule has 124 valence electrons. The molecular weight excluding hydrogens is 295 g/mol. The van der Waals surface area contributed by atoms with Crippen LogP contribution in [0.1, 0.15) is 31.2 Å². The van der Waals surface area contributed by atoms with Crippen molar-refractivity contribution in [2.45, 2.75) is 44.4 Å². The van der Waals surface area contributed by atoms with Crippen LogP contribution >= 0.6 is 0 Å². The lowest BCUT2D eigenvalue weighted by molar-refractivity contribution is -0.153. The van der Waals surface area contributed by atoms with Crippen LogP contribution in [0.2, 0.25) is 0 Å². The fourth-order valence-corrected chi connectivity index (χ4v) is 2.85. The number of nitrogens with one attached hydrogen (secondary N) is 1. The number of benzene rings is 1. The van der Waals surface area contributed by atoms with Crippen molar-refractivity contribution in [1.29, 1.82) is 0 Å². The van der Waals surface area contributed by atoms with Crippen LogP contribution in [0.3, 0.4) is 0 Å². The maximum atomic E-state index is 12.2. The standard InChI is InChI=1S/C16H22F3NO2/c17-16(18,19)11-22-14-6-3-4-12(8-14)9-20-15-7-2-1-5-13(15)10-21/h3-4,6,8,13,15,20-21H,1-2,5,7,9-11H2. The Hall–Kier alpha value is -1.27. The predicted molar refractivity (Wildman–Crippen MR) is 77.7 cm³/mol. The Balaban J connectivity index is 1.87. The Bertz CT molecular complexity index is 465. The molecule has 0 radical (unpaired) electrons. The van der Waals surface area contributed by atoms with Gasteiger partial charge in [0.1, 0.15) is 5.75 Å². The lowest BCUT2D eigenvalue weighted by Gasteiger charge is -2.31. The topological polar surface area (TPSA) is 41.5 Å². The van der Waals surface area contributed by atoms with Gasteiger partial charge in [-0.1, -0.05) is 25.0 Å². The van der Waals surface area contributed by atoms with Crippen molar-refractivity contribution in [2.24, 2.45) is 5.92 Å². The first-order valence-electron chi connectivity index (χ1n) is 7.60. The van der Waals surface area contributed by atoms with E-state index in [1.807, 2.05) is 6.07 Å². The van der Waals surface area contributed by atoms with Gasteiger partial charge in [0, 0.05) is 19.2 Å². The molecule has 0 bridgehead atoms. The summed E-state index contributed by atoms with van der Waals surface area (Å²) >= 11 is 0. The van der Waals surface area contributed by atoms with Gasteiger partial charge in [0.15, 0.2) is 6.61 Å². The monoisotopic (exact) mass is 317 g/mol. The Morgan fingerprint density at radius 3 is 2.73 bits per heavy atom. The summed E-state index contributed by atoms with van der Waals surface area (Å²) in [5, 5.41) is 12.8. The third-order valence-electron chi connectivity index (χ3n) is 4.01. The first kappa shape index (κ1) is 17.1. The number of ether oxygens (including phenoxy) is 1. The molecular formula is C16H22F3NO2. The molecule has 2 rings (SSSR count). The van der Waals surface area contributed by atoms with E-state index in [0.29, 0.717) is 6.54 Å². The van der Waals surface area contributed by atoms with E-state index in [9.17, 15) is 18.3 Å². The highest BCUT2D eigenvalue weighted by atomic mass is 19.4. The summed E-state index contributed by atoms with van der Waals surface area (Å²) in [4.78, 5) is 0. The summed E-state index contributed by atoms with van der Waals surface area (Å²) in [6.45, 7) is -0.546. The number of hydrogen-bond acceptors (Lipinski definition) is 3. The van der Waals surface area contributed by atoms with E-state index >= 15 is 0 Å². The largest absolute Gasteiger partial charge is 0.484 e. The molecule has 2 unspecified atom stereocenters. The van der Waals surface area contributed by atoms with Gasteiger partial charge >= 0.3 is 6.18 Å². The van der Waals surface area contributed by atoms with Gasteiger partial charge in [0.25, 0.3) is 0 Å². The highest BCUT2D eigenvalue weighted by Gasteiger charge is 2.28. The number of rotatable bonds is 6. The maximum absolute atomic E-state index is 12.2. The second-order valence-corrected chi connectivity index (χ2v) is 5.77. The Kier molecular flexibility index (Phi) is 6.08. The van der Waals surface area contributed by atoms with E-state index in [1.54, 1.807) is 12.1 Å². The molecule has 0 amide bonds. The number of aliphatic hydroxyl groups is 1. The highest BCUT2D eigenvalue weighted by Crippen LogP contribution is 2.25. The van der Waals surface area contributed by atoms with Crippen LogP contribution in [-0.2, 0) is 6.54 Å². The second-order valence-electron chi connectivity index (χ2n) is 5.77. The van der Waals surface area contributed by atoms with Gasteiger partial charge in [-0.2, -0.15) is 13.2 Å². The summed E-state index contributed by atoms with van der Waals surface area (Å²) in [5.41, 5.74) is 0.877. The van der Waals surface area contributed by atoms with Gasteiger partial charge < -0.3 is 15.2 Å². The third kappa shape index (κ3) is 5.50. The fourth-order valence-electron chi connectivity index (χ4n) is 2.85. The quantitative estimate of drug-likeness (QED) is 0.846. The van der Waals surface area contributed by atoms with Crippen LogP contribution in [0.15, 0.2) is 24.3 Å². The van der Waals surface area contributed by atoms with Crippen LogP contribution in [0, 0.1) is 5.92 Å². The van der Waals surface area contributed by atoms with Gasteiger partial charge in [-0.05, 0) is 36.5 Å². The molecule has 1 aliphatic carbocycles. The van der Waals surface area contributed by atoms with Gasteiger partial charge in [-0.15, -0.1) is 0 Å². The van der Waals surface area contributed by atoms with Crippen LogP contribution in [0.25, 0.3) is 0 Å². The van der Waals surface area contributed by atoms with Crippen LogP contribution in [0.4, 0.5) is 13.2 Å². The molecule has 22 heavy (non-hydrogen) atoms. The van der Waals surface area contributed by atoms with Gasteiger partial charge in [0.2, 0.25) is 0 Å². The minimum Gasteiger partial charge on any atom is -0.484 e. The average molecular weight is 317 g/mol. The number of alkyl halides is 3. The summed E-state index contributed by atoms with van der Waals surface area (Å²) in [7, 11) is 0. The van der Waals surface area contributed by atoms with Gasteiger partial charge in [0.05, 0.1) is 0 Å². The van der Waals surface area contributed by atoms with E-state index in [1.165, 1.54) is 6.07 Å². The zero-order valence-electron chi connectivity index (χ0n) is 12.4. The van der Waals surface area contributed by atoms with Crippen molar-refractivity contribution < 1.29 is 23.0 Å². The van der Waals surface area contributed by atoms with E-state index in [0.717, 1.165) is 31.2 Å². The van der Waals surface area contributed by atoms with Crippen molar-refractivity contribution in [1.82, 2.24) is 5.32 Å². The third-order valence-corrected chi connectivity index (χ3v) is 4.01. The summed E-state index contributed by atoms with van der Waals surface area (Å²) in [5.74, 6) is 0.484. The van der Waals surface area contributed by atoms with E-state index in [-0.39, 0.29) is 24.3 Å². The SMILES string of the molecule is OCC1CCCCC1NCc1cccc(OCC(F)(F)F)c1. The van der Waals surface area contributed by atoms with Crippen LogP contribution < -0.4 is 10.1 Å². The molecule has 1 aromatic rings. The molecule has 0 aromatic heterocycles. The van der Waals surface area contributed by atoms with Crippen molar-refractivity contribution in [2.75, 3.05) is 13.2 Å². The van der Waals surface area contributed by atoms with E-state index in [2.05, 4.69) is 5.32 Å². The smallest absolute Gasteiger partial charge is 0.422 e. The first-order chi connectivity index (χ1) is 10.5. The minimum atomic E-state index is -4.33. The van der Waals surface area contributed by atoms with Crippen LogP contribution in [-0.4, -0.2) is 30.5 Å².